The van der Waals surface area contributed by atoms with Crippen LogP contribution in [0.5, 0.6) is 0 Å². The summed E-state index contributed by atoms with van der Waals surface area (Å²) in [7, 11) is -4.72. The molecule has 0 aromatic heterocycles. The van der Waals surface area contributed by atoms with Crippen molar-refractivity contribution in [3.63, 3.8) is 0 Å². The van der Waals surface area contributed by atoms with Crippen molar-refractivity contribution in [2.75, 3.05) is 38.2 Å². The quantitative estimate of drug-likeness (QED) is 0.355. The van der Waals surface area contributed by atoms with Gasteiger partial charge >= 0.3 is 0 Å². The molecule has 0 radical (unpaired) electrons. The van der Waals surface area contributed by atoms with E-state index in [0.717, 1.165) is 0 Å². The average Bonchev–Trinajstić information content (AvgIpc) is 2.37. The smallest absolute Gasteiger partial charge is 0.193 e. The Morgan fingerprint density at radius 2 is 1.83 bits per heavy atom. The molecule has 0 bridgehead atoms. The van der Waals surface area contributed by atoms with E-state index in [-0.39, 0.29) is 42.0 Å². The minimum atomic E-state index is -3.21. The van der Waals surface area contributed by atoms with E-state index in [1.807, 2.05) is 4.90 Å². The maximum atomic E-state index is 12.1. The van der Waals surface area contributed by atoms with Crippen LogP contribution in [0.1, 0.15) is 34.6 Å². The molecule has 0 spiro atoms. The summed E-state index contributed by atoms with van der Waals surface area (Å²) in [5.41, 5.74) is 0. The second-order valence-electron chi connectivity index (χ2n) is 7.41. The van der Waals surface area contributed by atoms with E-state index >= 15 is 0 Å². The van der Waals surface area contributed by atoms with Crippen LogP contribution >= 0.6 is 24.0 Å². The van der Waals surface area contributed by atoms with Crippen molar-refractivity contribution in [2.24, 2.45) is 4.99 Å². The molecule has 0 aromatic rings. The van der Waals surface area contributed by atoms with Crippen LogP contribution in [-0.2, 0) is 19.7 Å². The summed E-state index contributed by atoms with van der Waals surface area (Å²) >= 11 is 0. The molecule has 24 heavy (non-hydrogen) atoms. The minimum absolute atomic E-state index is 0. The van der Waals surface area contributed by atoms with Crippen LogP contribution in [0, 0.1) is 0 Å². The van der Waals surface area contributed by atoms with Gasteiger partial charge in [0.2, 0.25) is 0 Å². The third kappa shape index (κ3) is 5.45. The lowest BCUT2D eigenvalue weighted by molar-refractivity contribution is 0.354. The van der Waals surface area contributed by atoms with E-state index in [1.54, 1.807) is 41.7 Å². The van der Waals surface area contributed by atoms with Crippen molar-refractivity contribution >= 4 is 49.6 Å². The number of nitrogens with one attached hydrogen (secondary N) is 1. The first-order valence-electron chi connectivity index (χ1n) is 7.64. The first-order valence-corrected chi connectivity index (χ1v) is 10.9. The predicted octanol–water partition coefficient (Wildman–Crippen LogP) is 0.902. The molecule has 1 aliphatic heterocycles. The van der Waals surface area contributed by atoms with Crippen LogP contribution in [-0.4, -0.2) is 75.4 Å². The summed E-state index contributed by atoms with van der Waals surface area (Å²) in [6, 6.07) is 0. The van der Waals surface area contributed by atoms with Crippen molar-refractivity contribution in [2.45, 2.75) is 44.1 Å². The Kier molecular flexibility index (Phi) is 8.03. The fraction of sp³-hybridized carbons (Fsp3) is 0.929. The molecular weight excluding hydrogens is 465 g/mol. The average molecular weight is 495 g/mol. The Hall–Kier alpha value is -0.100. The summed E-state index contributed by atoms with van der Waals surface area (Å²) in [5, 5.41) is 3.03. The van der Waals surface area contributed by atoms with Crippen LogP contribution in [0.4, 0.5) is 0 Å². The third-order valence-corrected chi connectivity index (χ3v) is 9.28. The number of halogens is 1. The third-order valence-electron chi connectivity index (χ3n) is 4.14. The number of nitrogens with zero attached hydrogens (tertiary/aromatic N) is 2. The summed E-state index contributed by atoms with van der Waals surface area (Å²) in [4.78, 5) is 6.01. The first kappa shape index (κ1) is 23.9. The molecule has 10 heteroatoms. The van der Waals surface area contributed by atoms with Gasteiger partial charge in [-0.25, -0.2) is 16.8 Å². The van der Waals surface area contributed by atoms with Crippen molar-refractivity contribution < 1.29 is 16.8 Å². The van der Waals surface area contributed by atoms with Gasteiger partial charge in [-0.1, -0.05) is 0 Å². The zero-order valence-corrected chi connectivity index (χ0v) is 19.3. The monoisotopic (exact) mass is 495 g/mol. The Balaban J connectivity index is 0.00000529. The van der Waals surface area contributed by atoms with Crippen LogP contribution < -0.4 is 5.32 Å². The van der Waals surface area contributed by atoms with Crippen LogP contribution in [0.2, 0.25) is 0 Å². The zero-order valence-electron chi connectivity index (χ0n) is 15.3. The standard InChI is InChI=1S/C14H29N3O4S2.HI/c1-13(2,3)22(18,19)9-7-16-12(15-6)17-8-10-23(20,21)14(4,5)11-17;/h7-11H2,1-6H3,(H,15,16);1H. The Bertz CT molecular complexity index is 665. The maximum Gasteiger partial charge on any atom is 0.193 e. The van der Waals surface area contributed by atoms with E-state index in [4.69, 9.17) is 0 Å². The molecule has 0 atom stereocenters. The lowest BCUT2D eigenvalue weighted by Crippen LogP contribution is -2.57. The largest absolute Gasteiger partial charge is 0.355 e. The minimum Gasteiger partial charge on any atom is -0.355 e. The number of hydrogen-bond donors (Lipinski definition) is 1. The molecule has 0 aliphatic carbocycles. The van der Waals surface area contributed by atoms with Gasteiger partial charge in [0.15, 0.2) is 25.6 Å². The number of rotatable bonds is 3. The van der Waals surface area contributed by atoms with Crippen molar-refractivity contribution in [3.05, 3.63) is 0 Å². The normalized spacial score (nSPS) is 21.1. The summed E-state index contributed by atoms with van der Waals surface area (Å²) in [6.45, 7) is 9.37. The lowest BCUT2D eigenvalue weighted by Gasteiger charge is -2.39. The highest BCUT2D eigenvalue weighted by Crippen LogP contribution is 2.23. The predicted molar refractivity (Wildman–Crippen MR) is 110 cm³/mol. The molecule has 1 rings (SSSR count). The van der Waals surface area contributed by atoms with E-state index in [9.17, 15) is 16.8 Å². The molecule has 1 aliphatic rings. The van der Waals surface area contributed by atoms with Gasteiger partial charge in [0.25, 0.3) is 0 Å². The van der Waals surface area contributed by atoms with E-state index in [2.05, 4.69) is 10.3 Å². The fourth-order valence-electron chi connectivity index (χ4n) is 2.26. The van der Waals surface area contributed by atoms with Gasteiger partial charge in [-0.05, 0) is 34.6 Å². The first-order chi connectivity index (χ1) is 10.2. The molecule has 0 aromatic carbocycles. The van der Waals surface area contributed by atoms with Crippen LogP contribution in [0.15, 0.2) is 4.99 Å². The van der Waals surface area contributed by atoms with Gasteiger partial charge in [0.05, 0.1) is 21.0 Å². The van der Waals surface area contributed by atoms with Gasteiger partial charge in [0, 0.05) is 26.7 Å². The Morgan fingerprint density at radius 1 is 1.29 bits per heavy atom. The highest BCUT2D eigenvalue weighted by atomic mass is 127. The summed E-state index contributed by atoms with van der Waals surface area (Å²) in [5.74, 6) is 0.614. The number of hydrogen-bond acceptors (Lipinski definition) is 5. The van der Waals surface area contributed by atoms with Crippen molar-refractivity contribution in [1.82, 2.24) is 10.2 Å². The van der Waals surface area contributed by atoms with Crippen molar-refractivity contribution in [3.8, 4) is 0 Å². The van der Waals surface area contributed by atoms with Gasteiger partial charge in [-0.2, -0.15) is 0 Å². The molecule has 0 amide bonds. The molecular formula is C14H30IN3O4S2. The van der Waals surface area contributed by atoms with Gasteiger partial charge < -0.3 is 10.2 Å². The van der Waals surface area contributed by atoms with E-state index in [0.29, 0.717) is 19.0 Å². The lowest BCUT2D eigenvalue weighted by atomic mass is 10.2. The van der Waals surface area contributed by atoms with Gasteiger partial charge in [-0.3, -0.25) is 4.99 Å². The van der Waals surface area contributed by atoms with Crippen molar-refractivity contribution in [1.29, 1.82) is 0 Å². The van der Waals surface area contributed by atoms with Crippen LogP contribution in [0.3, 0.4) is 0 Å². The Labute approximate surface area is 163 Å². The number of sulfone groups is 2. The molecule has 7 nitrogen and oxygen atoms in total. The molecule has 1 heterocycles. The summed E-state index contributed by atoms with van der Waals surface area (Å²) in [6.07, 6.45) is 0. The second kappa shape index (κ2) is 8.07. The molecule has 0 unspecified atom stereocenters. The molecule has 1 fully saturated rings. The number of aliphatic imine (C=N–C) groups is 1. The second-order valence-corrected chi connectivity index (χ2v) is 13.0. The highest BCUT2D eigenvalue weighted by molar-refractivity contribution is 14.0. The molecule has 1 saturated heterocycles. The van der Waals surface area contributed by atoms with E-state index < -0.39 is 29.2 Å². The van der Waals surface area contributed by atoms with Crippen LogP contribution in [0.25, 0.3) is 0 Å². The fourth-order valence-corrected chi connectivity index (χ4v) is 4.61. The molecule has 144 valence electrons. The van der Waals surface area contributed by atoms with E-state index in [1.165, 1.54) is 0 Å². The number of guanidine groups is 1. The SMILES string of the molecule is CN=C(NCCS(=O)(=O)C(C)(C)C)N1CCS(=O)(=O)C(C)(C)C1.I. The zero-order chi connectivity index (χ0) is 18.1. The molecule has 0 saturated carbocycles. The van der Waals surface area contributed by atoms with Gasteiger partial charge in [-0.15, -0.1) is 24.0 Å². The topological polar surface area (TPSA) is 95.9 Å². The summed E-state index contributed by atoms with van der Waals surface area (Å²) < 4.78 is 46.7. The van der Waals surface area contributed by atoms with Gasteiger partial charge in [0.1, 0.15) is 0 Å². The maximum absolute atomic E-state index is 12.1. The highest BCUT2D eigenvalue weighted by Gasteiger charge is 2.41. The Morgan fingerprint density at radius 3 is 2.25 bits per heavy atom. The molecule has 1 N–H and O–H groups in total.